The number of hydrogen-bond donors (Lipinski definition) is 0. The summed E-state index contributed by atoms with van der Waals surface area (Å²) >= 11 is 3.23. The van der Waals surface area contributed by atoms with Crippen molar-refractivity contribution < 1.29 is 9.18 Å². The Bertz CT molecular complexity index is 604. The normalized spacial score (nSPS) is 10.3. The number of pyridine rings is 1. The van der Waals surface area contributed by atoms with Gasteiger partial charge >= 0.3 is 0 Å². The van der Waals surface area contributed by atoms with E-state index < -0.39 is 0 Å². The van der Waals surface area contributed by atoms with Crippen molar-refractivity contribution >= 4 is 21.8 Å². The third kappa shape index (κ3) is 3.17. The van der Waals surface area contributed by atoms with E-state index in [1.807, 2.05) is 0 Å². The maximum absolute atomic E-state index is 13.5. The first-order valence-corrected chi connectivity index (χ1v) is 6.48. The van der Waals surface area contributed by atoms with E-state index >= 15 is 0 Å². The lowest BCUT2D eigenvalue weighted by molar-refractivity contribution is 0.0782. The first kappa shape index (κ1) is 13.7. The van der Waals surface area contributed by atoms with Crippen LogP contribution in [0.2, 0.25) is 0 Å². The first-order chi connectivity index (χ1) is 9.09. The molecule has 3 nitrogen and oxygen atoms in total. The van der Waals surface area contributed by atoms with E-state index in [2.05, 4.69) is 20.9 Å². The average molecular weight is 323 g/mol. The van der Waals surface area contributed by atoms with Crippen molar-refractivity contribution in [3.8, 4) is 0 Å². The molecule has 0 spiro atoms. The van der Waals surface area contributed by atoms with Gasteiger partial charge in [0.15, 0.2) is 0 Å². The lowest BCUT2D eigenvalue weighted by atomic mass is 10.2. The molecule has 5 heteroatoms. The lowest BCUT2D eigenvalue weighted by Gasteiger charge is -2.18. The molecule has 2 aromatic rings. The maximum Gasteiger partial charge on any atom is 0.256 e. The van der Waals surface area contributed by atoms with E-state index in [9.17, 15) is 9.18 Å². The van der Waals surface area contributed by atoms with Crippen LogP contribution in [0.15, 0.2) is 47.2 Å². The minimum Gasteiger partial charge on any atom is -0.337 e. The molecule has 0 aliphatic carbocycles. The molecule has 1 aromatic heterocycles. The molecule has 1 aromatic carbocycles. The number of halogens is 2. The van der Waals surface area contributed by atoms with Gasteiger partial charge in [-0.1, -0.05) is 18.2 Å². The van der Waals surface area contributed by atoms with Crippen molar-refractivity contribution in [2.45, 2.75) is 6.54 Å². The molecule has 0 atom stereocenters. The van der Waals surface area contributed by atoms with Crippen molar-refractivity contribution in [1.29, 1.82) is 0 Å². The van der Waals surface area contributed by atoms with Crippen molar-refractivity contribution in [3.05, 3.63) is 64.1 Å². The Kier molecular flexibility index (Phi) is 4.27. The molecule has 0 fully saturated rings. The highest BCUT2D eigenvalue weighted by atomic mass is 79.9. The van der Waals surface area contributed by atoms with Gasteiger partial charge in [0.2, 0.25) is 0 Å². The van der Waals surface area contributed by atoms with Crippen LogP contribution in [0.4, 0.5) is 4.39 Å². The second-order valence-corrected chi connectivity index (χ2v) is 4.85. The average Bonchev–Trinajstić information content (AvgIpc) is 2.41. The number of aromatic nitrogens is 1. The fourth-order valence-electron chi connectivity index (χ4n) is 1.71. The zero-order chi connectivity index (χ0) is 13.8. The van der Waals surface area contributed by atoms with Crippen molar-refractivity contribution in [2.75, 3.05) is 7.05 Å². The number of amides is 1. The topological polar surface area (TPSA) is 33.2 Å². The van der Waals surface area contributed by atoms with E-state index in [4.69, 9.17) is 0 Å². The van der Waals surface area contributed by atoms with Gasteiger partial charge in [0.25, 0.3) is 5.91 Å². The Morgan fingerprint density at radius 3 is 2.74 bits per heavy atom. The largest absolute Gasteiger partial charge is 0.337 e. The minimum atomic E-state index is -0.313. The molecule has 0 aliphatic heterocycles. The Hall–Kier alpha value is -1.75. The Balaban J connectivity index is 2.17. The standard InChI is InChI=1S/C14H12BrFN2O/c1-18(9-10-5-2-3-7-12(10)16)14(19)11-6-4-8-17-13(11)15/h2-8H,9H2,1H3. The molecule has 98 valence electrons. The summed E-state index contributed by atoms with van der Waals surface area (Å²) in [5.41, 5.74) is 0.944. The van der Waals surface area contributed by atoms with Crippen LogP contribution in [0.25, 0.3) is 0 Å². The van der Waals surface area contributed by atoms with Crippen LogP contribution in [0.1, 0.15) is 15.9 Å². The summed E-state index contributed by atoms with van der Waals surface area (Å²) in [4.78, 5) is 17.7. The van der Waals surface area contributed by atoms with Crippen LogP contribution >= 0.6 is 15.9 Å². The second kappa shape index (κ2) is 5.93. The van der Waals surface area contributed by atoms with Crippen LogP contribution in [0, 0.1) is 5.82 Å². The van der Waals surface area contributed by atoms with Gasteiger partial charge in [0, 0.05) is 25.4 Å². The third-order valence-electron chi connectivity index (χ3n) is 2.70. The van der Waals surface area contributed by atoms with Gasteiger partial charge in [0.05, 0.1) is 5.56 Å². The Morgan fingerprint density at radius 2 is 2.05 bits per heavy atom. The lowest BCUT2D eigenvalue weighted by Crippen LogP contribution is -2.27. The number of carbonyl (C=O) groups is 1. The summed E-state index contributed by atoms with van der Waals surface area (Å²) < 4.78 is 14.0. The highest BCUT2D eigenvalue weighted by Crippen LogP contribution is 2.16. The van der Waals surface area contributed by atoms with Gasteiger partial charge in [0.1, 0.15) is 10.4 Å². The van der Waals surface area contributed by atoms with Gasteiger partial charge < -0.3 is 4.90 Å². The fraction of sp³-hybridized carbons (Fsp3) is 0.143. The summed E-state index contributed by atoms with van der Waals surface area (Å²) in [5.74, 6) is -0.518. The number of benzene rings is 1. The Labute approximate surface area is 119 Å². The third-order valence-corrected chi connectivity index (χ3v) is 3.33. The van der Waals surface area contributed by atoms with Gasteiger partial charge in [-0.2, -0.15) is 0 Å². The quantitative estimate of drug-likeness (QED) is 0.813. The van der Waals surface area contributed by atoms with Gasteiger partial charge in [-0.15, -0.1) is 0 Å². The molecule has 1 amide bonds. The van der Waals surface area contributed by atoms with Gasteiger partial charge in [-0.25, -0.2) is 9.37 Å². The maximum atomic E-state index is 13.5. The van der Waals surface area contributed by atoms with Crippen LogP contribution in [-0.2, 0) is 6.54 Å². The van der Waals surface area contributed by atoms with Crippen LogP contribution in [-0.4, -0.2) is 22.8 Å². The first-order valence-electron chi connectivity index (χ1n) is 5.69. The molecular formula is C14H12BrFN2O. The molecule has 0 unspecified atom stereocenters. The number of nitrogens with zero attached hydrogens (tertiary/aromatic N) is 2. The zero-order valence-electron chi connectivity index (χ0n) is 10.3. The van der Waals surface area contributed by atoms with Crippen LogP contribution < -0.4 is 0 Å². The summed E-state index contributed by atoms with van der Waals surface area (Å²) in [7, 11) is 1.63. The zero-order valence-corrected chi connectivity index (χ0v) is 11.9. The second-order valence-electron chi connectivity index (χ2n) is 4.09. The number of rotatable bonds is 3. The molecule has 0 bridgehead atoms. The highest BCUT2D eigenvalue weighted by molar-refractivity contribution is 9.10. The van der Waals surface area contributed by atoms with E-state index in [1.54, 1.807) is 43.6 Å². The predicted molar refractivity (Wildman–Crippen MR) is 74.1 cm³/mol. The smallest absolute Gasteiger partial charge is 0.256 e. The fourth-order valence-corrected chi connectivity index (χ4v) is 2.13. The Morgan fingerprint density at radius 1 is 1.32 bits per heavy atom. The molecule has 0 radical (unpaired) electrons. The predicted octanol–water partition coefficient (Wildman–Crippen LogP) is 3.26. The van der Waals surface area contributed by atoms with E-state index in [0.717, 1.165) is 0 Å². The minimum absolute atomic E-state index is 0.205. The summed E-state index contributed by atoms with van der Waals surface area (Å²) in [6.45, 7) is 0.215. The van der Waals surface area contributed by atoms with Crippen LogP contribution in [0.5, 0.6) is 0 Å². The molecule has 19 heavy (non-hydrogen) atoms. The van der Waals surface area contributed by atoms with Crippen molar-refractivity contribution in [2.24, 2.45) is 0 Å². The summed E-state index contributed by atoms with van der Waals surface area (Å²) in [6, 6.07) is 9.78. The molecule has 0 aliphatic rings. The molecule has 0 N–H and O–H groups in total. The monoisotopic (exact) mass is 322 g/mol. The number of hydrogen-bond acceptors (Lipinski definition) is 2. The SMILES string of the molecule is CN(Cc1ccccc1F)C(=O)c1cccnc1Br. The van der Waals surface area contributed by atoms with Crippen molar-refractivity contribution in [3.63, 3.8) is 0 Å². The highest BCUT2D eigenvalue weighted by Gasteiger charge is 2.16. The summed E-state index contributed by atoms with van der Waals surface area (Å²) in [5, 5.41) is 0. The van der Waals surface area contributed by atoms with Crippen LogP contribution in [0.3, 0.4) is 0 Å². The van der Waals surface area contributed by atoms with Gasteiger partial charge in [-0.3, -0.25) is 4.79 Å². The molecule has 1 heterocycles. The summed E-state index contributed by atoms with van der Waals surface area (Å²) in [6.07, 6.45) is 1.59. The van der Waals surface area contributed by atoms with Gasteiger partial charge in [-0.05, 0) is 34.1 Å². The molecular weight excluding hydrogens is 311 g/mol. The van der Waals surface area contributed by atoms with E-state index in [-0.39, 0.29) is 18.3 Å². The van der Waals surface area contributed by atoms with E-state index in [0.29, 0.717) is 15.7 Å². The molecule has 2 rings (SSSR count). The van der Waals surface area contributed by atoms with Crippen molar-refractivity contribution in [1.82, 2.24) is 9.88 Å². The molecule has 0 saturated carbocycles. The molecule has 0 saturated heterocycles. The van der Waals surface area contributed by atoms with E-state index in [1.165, 1.54) is 11.0 Å². The number of carbonyl (C=O) groups excluding carboxylic acids is 1.